The molecule has 27 heavy (non-hydrogen) atoms. The van der Waals surface area contributed by atoms with E-state index in [0.717, 1.165) is 5.69 Å². The van der Waals surface area contributed by atoms with Crippen molar-refractivity contribution in [1.29, 1.82) is 0 Å². The SMILES string of the molecule is COc1ncnc(C(C)C)c1N.COc1ncnc(Cl)c1N.C[CH-]C.[Zn+][Br]. The zero-order chi connectivity index (χ0) is 21.4. The number of halogens is 2. The number of aromatic nitrogens is 4. The van der Waals surface area contributed by atoms with Gasteiger partial charge in [-0.15, -0.1) is 0 Å². The first-order valence-corrected chi connectivity index (χ1v) is 15.1. The van der Waals surface area contributed by atoms with E-state index in [1.807, 2.05) is 34.1 Å². The predicted octanol–water partition coefficient (Wildman–Crippen LogP) is 3.99. The Morgan fingerprint density at radius 1 is 0.963 bits per heavy atom. The molecule has 0 aliphatic rings. The molecule has 2 rings (SSSR count). The summed E-state index contributed by atoms with van der Waals surface area (Å²) in [7, 11) is 3.01. The third kappa shape index (κ3) is 10.6. The molecule has 2 heterocycles. The van der Waals surface area contributed by atoms with E-state index < -0.39 is 0 Å². The predicted molar refractivity (Wildman–Crippen MR) is 110 cm³/mol. The normalized spacial score (nSPS) is 9.00. The Morgan fingerprint density at radius 2 is 1.37 bits per heavy atom. The maximum atomic E-state index is 5.74. The summed E-state index contributed by atoms with van der Waals surface area (Å²) in [5, 5.41) is 0.215. The number of anilines is 2. The summed E-state index contributed by atoms with van der Waals surface area (Å²) in [5.74, 6) is 1.05. The molecule has 0 bridgehead atoms. The van der Waals surface area contributed by atoms with Gasteiger partial charge in [0.15, 0.2) is 5.15 Å². The van der Waals surface area contributed by atoms with E-state index >= 15 is 0 Å². The molecule has 0 amide bonds. The Labute approximate surface area is 182 Å². The number of nitrogens with two attached hydrogens (primary N) is 2. The van der Waals surface area contributed by atoms with Crippen LogP contribution in [-0.4, -0.2) is 34.2 Å². The van der Waals surface area contributed by atoms with Crippen LogP contribution < -0.4 is 20.9 Å². The van der Waals surface area contributed by atoms with Crippen molar-refractivity contribution in [2.24, 2.45) is 0 Å². The fourth-order valence-electron chi connectivity index (χ4n) is 1.54. The molecule has 0 saturated carbocycles. The first kappa shape index (κ1) is 28.0. The molecule has 0 atom stereocenters. The van der Waals surface area contributed by atoms with E-state index in [2.05, 4.69) is 33.6 Å². The topological polar surface area (TPSA) is 122 Å². The van der Waals surface area contributed by atoms with E-state index in [9.17, 15) is 0 Å². The third-order valence-electron chi connectivity index (χ3n) is 2.61. The van der Waals surface area contributed by atoms with E-state index in [0.29, 0.717) is 23.4 Å². The molecular formula is C16H26BrClN6O2Zn. The average molecular weight is 515 g/mol. The number of methoxy groups -OCH3 is 2. The molecule has 0 radical (unpaired) electrons. The monoisotopic (exact) mass is 512 g/mol. The van der Waals surface area contributed by atoms with Gasteiger partial charge < -0.3 is 27.4 Å². The van der Waals surface area contributed by atoms with Crippen LogP contribution >= 0.6 is 25.2 Å². The molecule has 0 saturated heterocycles. The second-order valence-corrected chi connectivity index (χ2v) is 5.36. The summed E-state index contributed by atoms with van der Waals surface area (Å²) < 4.78 is 9.72. The molecule has 148 valence electrons. The van der Waals surface area contributed by atoms with Crippen LogP contribution in [0.3, 0.4) is 0 Å². The van der Waals surface area contributed by atoms with Gasteiger partial charge in [0.25, 0.3) is 0 Å². The number of ether oxygens (including phenoxy) is 2. The van der Waals surface area contributed by atoms with Crippen molar-refractivity contribution in [1.82, 2.24) is 19.9 Å². The number of hydrogen-bond donors (Lipinski definition) is 2. The molecule has 4 N–H and O–H groups in total. The van der Waals surface area contributed by atoms with E-state index in [1.54, 1.807) is 7.11 Å². The van der Waals surface area contributed by atoms with Gasteiger partial charge in [0.1, 0.15) is 24.0 Å². The fraction of sp³-hybridized carbons (Fsp3) is 0.438. The minimum absolute atomic E-state index is 0.215. The van der Waals surface area contributed by atoms with Crippen molar-refractivity contribution in [3.8, 4) is 11.8 Å². The second kappa shape index (κ2) is 16.9. The molecular weight excluding hydrogens is 489 g/mol. The van der Waals surface area contributed by atoms with Crippen molar-refractivity contribution in [2.75, 3.05) is 25.7 Å². The van der Waals surface area contributed by atoms with Gasteiger partial charge in [-0.1, -0.05) is 25.4 Å². The summed E-state index contributed by atoms with van der Waals surface area (Å²) in [6, 6.07) is 0. The summed E-state index contributed by atoms with van der Waals surface area (Å²) in [4.78, 5) is 15.3. The Kier molecular flexibility index (Phi) is 17.5. The minimum atomic E-state index is 0.215. The summed E-state index contributed by atoms with van der Waals surface area (Å²) in [5.41, 5.74) is 12.8. The Bertz CT molecular complexity index is 652. The van der Waals surface area contributed by atoms with E-state index in [4.69, 9.17) is 32.5 Å². The Balaban J connectivity index is 0. The molecule has 0 fully saturated rings. The van der Waals surface area contributed by atoms with E-state index in [1.165, 1.54) is 36.1 Å². The van der Waals surface area contributed by atoms with Crippen molar-refractivity contribution >= 4 is 36.6 Å². The Hall–Kier alpha value is -1.25. The van der Waals surface area contributed by atoms with Crippen molar-refractivity contribution in [3.63, 3.8) is 0 Å². The summed E-state index contributed by atoms with van der Waals surface area (Å²) in [6.45, 7) is 8.05. The quantitative estimate of drug-likeness (QED) is 0.358. The van der Waals surface area contributed by atoms with Crippen LogP contribution in [0.1, 0.15) is 39.3 Å². The maximum absolute atomic E-state index is 5.74. The molecule has 2 aromatic rings. The number of hydrogen-bond acceptors (Lipinski definition) is 8. The second-order valence-electron chi connectivity index (χ2n) is 5.00. The molecule has 2 aromatic heterocycles. The standard InChI is InChI=1S/C8H13N3O.C5H6ClN3O.C3H7.BrH.Zn/c1-5(2)7-6(9)8(12-3)11-4-10-7;1-10-5-3(7)4(6)8-2-9-5;1-3-2;;/h4-5H,9H2,1-3H3;2H,7H2,1H3;3H,1-2H3;1H;/q;;-1;;+2/p-1. The van der Waals surface area contributed by atoms with Crippen LogP contribution in [0.5, 0.6) is 11.8 Å². The summed E-state index contributed by atoms with van der Waals surface area (Å²) >= 11 is 9.79. The van der Waals surface area contributed by atoms with Gasteiger partial charge >= 0.3 is 30.0 Å². The first-order valence-electron chi connectivity index (χ1n) is 7.78. The van der Waals surface area contributed by atoms with Gasteiger partial charge in [-0.3, -0.25) is 0 Å². The molecule has 0 spiro atoms. The number of rotatable bonds is 3. The van der Waals surface area contributed by atoms with Gasteiger partial charge in [-0.2, -0.15) is 23.8 Å². The van der Waals surface area contributed by atoms with Gasteiger partial charge in [0, 0.05) is 0 Å². The summed E-state index contributed by atoms with van der Waals surface area (Å²) in [6.07, 6.45) is 4.75. The van der Waals surface area contributed by atoms with Crippen molar-refractivity contribution < 1.29 is 25.8 Å². The van der Waals surface area contributed by atoms with Crippen LogP contribution in [-0.2, 0) is 16.3 Å². The van der Waals surface area contributed by atoms with E-state index in [-0.39, 0.29) is 10.8 Å². The van der Waals surface area contributed by atoms with Gasteiger partial charge in [0.2, 0.25) is 11.8 Å². The van der Waals surface area contributed by atoms with Gasteiger partial charge in [-0.05, 0) is 5.92 Å². The zero-order valence-corrected chi connectivity index (χ0v) is 21.8. The van der Waals surface area contributed by atoms with Gasteiger partial charge in [-0.25, -0.2) is 9.97 Å². The molecule has 11 heteroatoms. The average Bonchev–Trinajstić information content (AvgIpc) is 2.67. The van der Waals surface area contributed by atoms with Crippen LogP contribution in [0.4, 0.5) is 11.4 Å². The van der Waals surface area contributed by atoms with Gasteiger partial charge in [0.05, 0.1) is 19.9 Å². The number of nitrogens with zero attached hydrogens (tertiary/aromatic N) is 4. The van der Waals surface area contributed by atoms with Crippen LogP contribution in [0, 0.1) is 6.42 Å². The first-order chi connectivity index (χ1) is 12.8. The molecule has 0 unspecified atom stereocenters. The Morgan fingerprint density at radius 3 is 1.74 bits per heavy atom. The molecule has 0 aromatic carbocycles. The van der Waals surface area contributed by atoms with Crippen molar-refractivity contribution in [2.45, 2.75) is 33.6 Å². The fourth-order valence-corrected chi connectivity index (χ4v) is 1.66. The molecule has 0 aliphatic heterocycles. The molecule has 0 aliphatic carbocycles. The zero-order valence-electron chi connectivity index (χ0n) is 16.5. The van der Waals surface area contributed by atoms with Crippen LogP contribution in [0.25, 0.3) is 0 Å². The number of nitrogen functional groups attached to an aromatic ring is 2. The molecule has 8 nitrogen and oxygen atoms in total. The van der Waals surface area contributed by atoms with Crippen LogP contribution in [0.15, 0.2) is 12.7 Å². The van der Waals surface area contributed by atoms with Crippen LogP contribution in [0.2, 0.25) is 5.15 Å². The third-order valence-corrected chi connectivity index (χ3v) is 2.91. The van der Waals surface area contributed by atoms with Crippen molar-refractivity contribution in [3.05, 3.63) is 29.9 Å².